The van der Waals surface area contributed by atoms with Gasteiger partial charge < -0.3 is 5.11 Å². The lowest BCUT2D eigenvalue weighted by molar-refractivity contribution is 0.142. The quantitative estimate of drug-likeness (QED) is 0.503. The average molecular weight is 353 g/mol. The van der Waals surface area contributed by atoms with Gasteiger partial charge in [0.05, 0.1) is 6.10 Å². The number of aliphatic hydroxyl groups excluding tert-OH is 1. The van der Waals surface area contributed by atoms with Crippen LogP contribution < -0.4 is 0 Å². The van der Waals surface area contributed by atoms with Gasteiger partial charge in [0.2, 0.25) is 0 Å². The minimum Gasteiger partial charge on any atom is -0.393 e. The van der Waals surface area contributed by atoms with Crippen molar-refractivity contribution >= 4 is 0 Å². The molecule has 1 nitrogen and oxygen atoms in total. The molecule has 0 aliphatic rings. The average Bonchev–Trinajstić information content (AvgIpc) is 2.62. The molecule has 0 saturated heterocycles. The Morgan fingerprint density at radius 2 is 1.27 bits per heavy atom. The summed E-state index contributed by atoms with van der Waals surface area (Å²) in [4.78, 5) is 0. The van der Waals surface area contributed by atoms with Gasteiger partial charge in [0.1, 0.15) is 0 Å². The van der Waals surface area contributed by atoms with Gasteiger partial charge in [-0.2, -0.15) is 0 Å². The zero-order chi connectivity index (χ0) is 18.8. The summed E-state index contributed by atoms with van der Waals surface area (Å²) in [5.74, 6) is 2.05. The molecular weight excluding hydrogens is 316 g/mol. The zero-order valence-electron chi connectivity index (χ0n) is 16.8. The maximum absolute atomic E-state index is 10.4. The first kappa shape index (κ1) is 20.7. The van der Waals surface area contributed by atoms with Crippen LogP contribution in [0.4, 0.5) is 0 Å². The first-order valence-corrected chi connectivity index (χ1v) is 10.3. The summed E-state index contributed by atoms with van der Waals surface area (Å²) in [6.45, 7) is 6.98. The van der Waals surface area contributed by atoms with E-state index in [1.807, 2.05) is 18.2 Å². The van der Waals surface area contributed by atoms with Crippen LogP contribution in [0.1, 0.15) is 57.6 Å². The number of rotatable bonds is 11. The van der Waals surface area contributed by atoms with Gasteiger partial charge in [-0.3, -0.25) is 0 Å². The largest absolute Gasteiger partial charge is 0.393 e. The van der Waals surface area contributed by atoms with E-state index < -0.39 is 0 Å². The first-order chi connectivity index (χ1) is 12.5. The Hall–Kier alpha value is -1.60. The minimum absolute atomic E-state index is 0.224. The highest BCUT2D eigenvalue weighted by atomic mass is 16.3. The zero-order valence-corrected chi connectivity index (χ0v) is 16.8. The number of hydrogen-bond acceptors (Lipinski definition) is 1. The Balaban J connectivity index is 1.70. The summed E-state index contributed by atoms with van der Waals surface area (Å²) >= 11 is 0. The fourth-order valence-corrected chi connectivity index (χ4v) is 3.87. The number of hydrogen-bond donors (Lipinski definition) is 1. The normalized spacial score (nSPS) is 15.0. The van der Waals surface area contributed by atoms with Gasteiger partial charge in [-0.05, 0) is 54.6 Å². The molecule has 1 heteroatoms. The second-order valence-corrected chi connectivity index (χ2v) is 8.31. The number of benzene rings is 2. The molecule has 26 heavy (non-hydrogen) atoms. The Kier molecular flexibility index (Phi) is 8.91. The highest BCUT2D eigenvalue weighted by molar-refractivity contribution is 5.16. The van der Waals surface area contributed by atoms with Crippen molar-refractivity contribution < 1.29 is 5.11 Å². The molecule has 1 N–H and O–H groups in total. The second kappa shape index (κ2) is 11.2. The minimum atomic E-state index is -0.224. The van der Waals surface area contributed by atoms with Crippen molar-refractivity contribution in [1.29, 1.82) is 0 Å². The molecule has 0 aliphatic heterocycles. The molecule has 0 fully saturated rings. The molecular formula is C25H36O. The second-order valence-electron chi connectivity index (χ2n) is 8.31. The third-order valence-electron chi connectivity index (χ3n) is 5.54. The molecule has 2 aromatic carbocycles. The van der Waals surface area contributed by atoms with Crippen molar-refractivity contribution in [3.8, 4) is 0 Å². The topological polar surface area (TPSA) is 20.2 Å². The molecule has 0 heterocycles. The lowest BCUT2D eigenvalue weighted by atomic mass is 9.84. The van der Waals surface area contributed by atoms with Crippen molar-refractivity contribution in [2.24, 2.45) is 17.8 Å². The fourth-order valence-electron chi connectivity index (χ4n) is 3.87. The van der Waals surface area contributed by atoms with Gasteiger partial charge in [0, 0.05) is 0 Å². The Morgan fingerprint density at radius 1 is 0.731 bits per heavy atom. The van der Waals surface area contributed by atoms with E-state index in [4.69, 9.17) is 0 Å². The van der Waals surface area contributed by atoms with Gasteiger partial charge >= 0.3 is 0 Å². The van der Waals surface area contributed by atoms with E-state index in [-0.39, 0.29) is 6.10 Å². The van der Waals surface area contributed by atoms with Gasteiger partial charge in [-0.25, -0.2) is 0 Å². The van der Waals surface area contributed by atoms with E-state index in [9.17, 15) is 5.11 Å². The van der Waals surface area contributed by atoms with Crippen LogP contribution in [0.5, 0.6) is 0 Å². The van der Waals surface area contributed by atoms with E-state index >= 15 is 0 Å². The predicted molar refractivity (Wildman–Crippen MR) is 112 cm³/mol. The van der Waals surface area contributed by atoms with Crippen LogP contribution in [0.15, 0.2) is 60.7 Å². The molecule has 2 rings (SSSR count). The fraction of sp³-hybridized carbons (Fsp3) is 0.520. The highest BCUT2D eigenvalue weighted by Crippen LogP contribution is 2.25. The first-order valence-electron chi connectivity index (χ1n) is 10.3. The van der Waals surface area contributed by atoms with E-state index in [1.165, 1.54) is 36.8 Å². The maximum Gasteiger partial charge on any atom is 0.0583 e. The van der Waals surface area contributed by atoms with Crippen LogP contribution in [0.2, 0.25) is 0 Å². The summed E-state index contributed by atoms with van der Waals surface area (Å²) < 4.78 is 0. The van der Waals surface area contributed by atoms with Gasteiger partial charge in [-0.15, -0.1) is 0 Å². The molecule has 142 valence electrons. The molecule has 0 aliphatic carbocycles. The van der Waals surface area contributed by atoms with Crippen molar-refractivity contribution in [3.63, 3.8) is 0 Å². The van der Waals surface area contributed by atoms with E-state index in [2.05, 4.69) is 63.2 Å². The van der Waals surface area contributed by atoms with E-state index in [0.29, 0.717) is 11.8 Å². The van der Waals surface area contributed by atoms with Crippen molar-refractivity contribution in [2.75, 3.05) is 0 Å². The number of aliphatic hydroxyl groups is 1. The monoisotopic (exact) mass is 352 g/mol. The summed E-state index contributed by atoms with van der Waals surface area (Å²) in [7, 11) is 0. The van der Waals surface area contributed by atoms with Crippen LogP contribution in [0, 0.1) is 17.8 Å². The van der Waals surface area contributed by atoms with Crippen LogP contribution in [0.3, 0.4) is 0 Å². The maximum atomic E-state index is 10.4. The Labute approximate surface area is 160 Å². The third-order valence-corrected chi connectivity index (χ3v) is 5.54. The van der Waals surface area contributed by atoms with Crippen LogP contribution in [-0.4, -0.2) is 11.2 Å². The predicted octanol–water partition coefficient (Wildman–Crippen LogP) is 6.30. The molecule has 0 bridgehead atoms. The molecule has 3 atom stereocenters. The third kappa shape index (κ3) is 7.74. The van der Waals surface area contributed by atoms with Gasteiger partial charge in [-0.1, -0.05) is 94.3 Å². The molecule has 0 aromatic heterocycles. The summed E-state index contributed by atoms with van der Waals surface area (Å²) in [5, 5.41) is 10.4. The Morgan fingerprint density at radius 3 is 1.81 bits per heavy atom. The van der Waals surface area contributed by atoms with Crippen molar-refractivity contribution in [2.45, 2.75) is 65.4 Å². The van der Waals surface area contributed by atoms with Crippen molar-refractivity contribution in [1.82, 2.24) is 0 Å². The smallest absolute Gasteiger partial charge is 0.0583 e. The molecule has 0 amide bonds. The molecule has 0 spiro atoms. The standard InChI is InChI=1S/C25H36O/c1-20(2)24(18-22-12-6-4-7-13-22)16-10-11-21(3)17-25(26)19-23-14-8-5-9-15-23/h4-9,12-15,20-21,24-26H,10-11,16-19H2,1-3H3. The molecule has 0 radical (unpaired) electrons. The SMILES string of the molecule is CC(CCCC(Cc1ccccc1)C(C)C)CC(O)Cc1ccccc1. The summed E-state index contributed by atoms with van der Waals surface area (Å²) in [6, 6.07) is 21.2. The summed E-state index contributed by atoms with van der Waals surface area (Å²) in [6.07, 6.45) is 6.39. The van der Waals surface area contributed by atoms with Gasteiger partial charge in [0.15, 0.2) is 0 Å². The van der Waals surface area contributed by atoms with Gasteiger partial charge in [0.25, 0.3) is 0 Å². The summed E-state index contributed by atoms with van der Waals surface area (Å²) in [5.41, 5.74) is 2.69. The van der Waals surface area contributed by atoms with Crippen LogP contribution in [-0.2, 0) is 12.8 Å². The van der Waals surface area contributed by atoms with E-state index in [0.717, 1.165) is 18.8 Å². The molecule has 0 saturated carbocycles. The molecule has 3 unspecified atom stereocenters. The van der Waals surface area contributed by atoms with Crippen LogP contribution in [0.25, 0.3) is 0 Å². The molecule has 2 aromatic rings. The highest BCUT2D eigenvalue weighted by Gasteiger charge is 2.16. The van der Waals surface area contributed by atoms with E-state index in [1.54, 1.807) is 0 Å². The van der Waals surface area contributed by atoms with Crippen molar-refractivity contribution in [3.05, 3.63) is 71.8 Å². The lowest BCUT2D eigenvalue weighted by Gasteiger charge is -2.22. The Bertz CT molecular complexity index is 590. The lowest BCUT2D eigenvalue weighted by Crippen LogP contribution is -2.16. The van der Waals surface area contributed by atoms with Crippen LogP contribution >= 0.6 is 0 Å².